The molecule has 10 heteroatoms. The van der Waals surface area contributed by atoms with Crippen molar-refractivity contribution in [2.45, 2.75) is 69.9 Å². The maximum atomic E-state index is 12.9. The Morgan fingerprint density at radius 3 is 2.64 bits per heavy atom. The number of nitrogens with one attached hydrogen (secondary N) is 1. The minimum Gasteiger partial charge on any atom is -0.352 e. The lowest BCUT2D eigenvalue weighted by atomic mass is 10.0. The lowest BCUT2D eigenvalue weighted by Crippen LogP contribution is -2.49. The van der Waals surface area contributed by atoms with Gasteiger partial charge in [0.2, 0.25) is 21.8 Å². The Bertz CT molecular complexity index is 1110. The number of amides is 2. The number of hydrogen-bond acceptors (Lipinski definition) is 5. The standard InChI is InChI=1S/C23H35N5O4S/c1-5-8-22(29)24-17-9-7-14-27(16-17)23(30)13-12-21-25-19-15-18(33(31,32)26(3)4)10-11-20(19)28(21)6-2/h10-11,15,17H,5-9,12-14,16H2,1-4H3,(H,24,29)/t17-/m1/s1. The van der Waals surface area contributed by atoms with Crippen molar-refractivity contribution in [3.8, 4) is 0 Å². The van der Waals surface area contributed by atoms with Crippen LogP contribution < -0.4 is 5.32 Å². The van der Waals surface area contributed by atoms with Crippen LogP contribution in [0, 0.1) is 0 Å². The lowest BCUT2D eigenvalue weighted by molar-refractivity contribution is -0.133. The van der Waals surface area contributed by atoms with Gasteiger partial charge in [0, 0.05) is 59.0 Å². The van der Waals surface area contributed by atoms with Crippen molar-refractivity contribution in [1.29, 1.82) is 0 Å². The van der Waals surface area contributed by atoms with Gasteiger partial charge in [0.05, 0.1) is 15.9 Å². The minimum atomic E-state index is -3.54. The van der Waals surface area contributed by atoms with Crippen molar-refractivity contribution in [2.24, 2.45) is 0 Å². The third-order valence-corrected chi connectivity index (χ3v) is 7.88. The molecule has 182 valence electrons. The third-order valence-electron chi connectivity index (χ3n) is 6.07. The Hall–Kier alpha value is -2.46. The van der Waals surface area contributed by atoms with Gasteiger partial charge in [-0.15, -0.1) is 0 Å². The van der Waals surface area contributed by atoms with E-state index < -0.39 is 10.0 Å². The van der Waals surface area contributed by atoms with Gasteiger partial charge >= 0.3 is 0 Å². The average Bonchev–Trinajstić information content (AvgIpc) is 3.14. The highest BCUT2D eigenvalue weighted by Crippen LogP contribution is 2.23. The number of imidazole rings is 1. The smallest absolute Gasteiger partial charge is 0.242 e. The number of fused-ring (bicyclic) bond motifs is 1. The average molecular weight is 478 g/mol. The van der Waals surface area contributed by atoms with Crippen molar-refractivity contribution in [3.05, 3.63) is 24.0 Å². The molecule has 0 aliphatic carbocycles. The number of nitrogens with zero attached hydrogens (tertiary/aromatic N) is 4. The molecular weight excluding hydrogens is 442 g/mol. The number of aromatic nitrogens is 2. The first kappa shape index (κ1) is 25.2. The summed E-state index contributed by atoms with van der Waals surface area (Å²) in [5.41, 5.74) is 1.47. The van der Waals surface area contributed by atoms with Gasteiger partial charge in [-0.3, -0.25) is 9.59 Å². The number of sulfonamides is 1. The van der Waals surface area contributed by atoms with E-state index in [2.05, 4.69) is 10.3 Å². The monoisotopic (exact) mass is 477 g/mol. The van der Waals surface area contributed by atoms with Crippen LogP contribution in [0.4, 0.5) is 0 Å². The normalized spacial score (nSPS) is 17.0. The third kappa shape index (κ3) is 5.73. The van der Waals surface area contributed by atoms with Crippen LogP contribution >= 0.6 is 0 Å². The lowest BCUT2D eigenvalue weighted by Gasteiger charge is -2.33. The predicted octanol–water partition coefficient (Wildman–Crippen LogP) is 2.15. The molecule has 0 radical (unpaired) electrons. The Morgan fingerprint density at radius 1 is 1.21 bits per heavy atom. The number of aryl methyl sites for hydroxylation is 2. The van der Waals surface area contributed by atoms with E-state index in [0.29, 0.717) is 44.4 Å². The van der Waals surface area contributed by atoms with Crippen LogP contribution in [0.5, 0.6) is 0 Å². The maximum absolute atomic E-state index is 12.9. The van der Waals surface area contributed by atoms with E-state index in [4.69, 9.17) is 0 Å². The summed E-state index contributed by atoms with van der Waals surface area (Å²) in [6, 6.07) is 4.98. The van der Waals surface area contributed by atoms with Crippen LogP contribution in [-0.2, 0) is 32.6 Å². The summed E-state index contributed by atoms with van der Waals surface area (Å²) >= 11 is 0. The molecule has 33 heavy (non-hydrogen) atoms. The van der Waals surface area contributed by atoms with Crippen LogP contribution in [0.15, 0.2) is 23.1 Å². The van der Waals surface area contributed by atoms with Crippen molar-refractivity contribution in [3.63, 3.8) is 0 Å². The van der Waals surface area contributed by atoms with Gasteiger partial charge in [-0.2, -0.15) is 0 Å². The highest BCUT2D eigenvalue weighted by Gasteiger charge is 2.25. The summed E-state index contributed by atoms with van der Waals surface area (Å²) in [5.74, 6) is 0.865. The van der Waals surface area contributed by atoms with E-state index in [1.807, 2.05) is 23.3 Å². The Labute approximate surface area is 196 Å². The van der Waals surface area contributed by atoms with E-state index in [9.17, 15) is 18.0 Å². The molecule has 0 spiro atoms. The van der Waals surface area contributed by atoms with Crippen LogP contribution in [0.3, 0.4) is 0 Å². The van der Waals surface area contributed by atoms with Crippen LogP contribution in [0.25, 0.3) is 11.0 Å². The quantitative estimate of drug-likeness (QED) is 0.596. The molecule has 1 N–H and O–H groups in total. The molecule has 9 nitrogen and oxygen atoms in total. The first-order valence-corrected chi connectivity index (χ1v) is 13.1. The molecule has 0 unspecified atom stereocenters. The fraction of sp³-hybridized carbons (Fsp3) is 0.609. The fourth-order valence-electron chi connectivity index (χ4n) is 4.30. The summed E-state index contributed by atoms with van der Waals surface area (Å²) in [6.45, 7) is 5.90. The molecular formula is C23H35N5O4S. The highest BCUT2D eigenvalue weighted by molar-refractivity contribution is 7.89. The number of carbonyl (C=O) groups excluding carboxylic acids is 2. The number of rotatable bonds is 9. The fourth-order valence-corrected chi connectivity index (χ4v) is 5.22. The molecule has 2 amide bonds. The molecule has 2 heterocycles. The molecule has 1 aromatic heterocycles. The van der Waals surface area contributed by atoms with Gasteiger partial charge in [-0.05, 0) is 44.4 Å². The minimum absolute atomic E-state index is 0.0130. The summed E-state index contributed by atoms with van der Waals surface area (Å²) < 4.78 is 28.2. The van der Waals surface area contributed by atoms with Gasteiger partial charge < -0.3 is 14.8 Å². The van der Waals surface area contributed by atoms with E-state index in [0.717, 1.165) is 30.6 Å². The van der Waals surface area contributed by atoms with E-state index in [1.54, 1.807) is 18.2 Å². The van der Waals surface area contributed by atoms with Crippen LogP contribution in [0.2, 0.25) is 0 Å². The Balaban J connectivity index is 1.70. The SMILES string of the molecule is CCCC(=O)N[C@@H]1CCCN(C(=O)CCc2nc3cc(S(=O)(=O)N(C)C)ccc3n2CC)C1. The number of carbonyl (C=O) groups is 2. The summed E-state index contributed by atoms with van der Waals surface area (Å²) in [4.78, 5) is 31.5. The van der Waals surface area contributed by atoms with E-state index in [-0.39, 0.29) is 22.8 Å². The summed E-state index contributed by atoms with van der Waals surface area (Å²) in [7, 11) is -0.540. The maximum Gasteiger partial charge on any atom is 0.242 e. The second-order valence-electron chi connectivity index (χ2n) is 8.71. The number of piperidine rings is 1. The van der Waals surface area contributed by atoms with Crippen LogP contribution in [0.1, 0.15) is 51.8 Å². The molecule has 1 aromatic carbocycles. The van der Waals surface area contributed by atoms with E-state index >= 15 is 0 Å². The van der Waals surface area contributed by atoms with Crippen LogP contribution in [-0.4, -0.2) is 72.2 Å². The summed E-state index contributed by atoms with van der Waals surface area (Å²) in [5, 5.41) is 3.04. The number of hydrogen-bond donors (Lipinski definition) is 1. The molecule has 1 aliphatic rings. The van der Waals surface area contributed by atoms with Crippen molar-refractivity contribution in [2.75, 3.05) is 27.2 Å². The van der Waals surface area contributed by atoms with E-state index in [1.165, 1.54) is 18.4 Å². The molecule has 1 aliphatic heterocycles. The van der Waals surface area contributed by atoms with Gasteiger partial charge in [0.25, 0.3) is 0 Å². The molecule has 2 aromatic rings. The Morgan fingerprint density at radius 2 is 1.97 bits per heavy atom. The molecule has 1 saturated heterocycles. The molecule has 1 fully saturated rings. The van der Waals surface area contributed by atoms with Crippen molar-refractivity contribution >= 4 is 32.9 Å². The molecule has 3 rings (SSSR count). The van der Waals surface area contributed by atoms with Gasteiger partial charge in [-0.25, -0.2) is 17.7 Å². The second kappa shape index (κ2) is 10.6. The Kier molecular flexibility index (Phi) is 8.12. The highest BCUT2D eigenvalue weighted by atomic mass is 32.2. The zero-order valence-corrected chi connectivity index (χ0v) is 20.8. The largest absolute Gasteiger partial charge is 0.352 e. The van der Waals surface area contributed by atoms with Crippen molar-refractivity contribution < 1.29 is 18.0 Å². The zero-order valence-electron chi connectivity index (χ0n) is 20.0. The molecule has 1 atom stereocenters. The number of benzene rings is 1. The second-order valence-corrected chi connectivity index (χ2v) is 10.9. The first-order valence-electron chi connectivity index (χ1n) is 11.7. The molecule has 0 bridgehead atoms. The first-order chi connectivity index (χ1) is 15.7. The summed E-state index contributed by atoms with van der Waals surface area (Å²) in [6.07, 6.45) is 3.88. The topological polar surface area (TPSA) is 105 Å². The predicted molar refractivity (Wildman–Crippen MR) is 127 cm³/mol. The van der Waals surface area contributed by atoms with Crippen molar-refractivity contribution in [1.82, 2.24) is 24.1 Å². The van der Waals surface area contributed by atoms with Gasteiger partial charge in [0.15, 0.2) is 0 Å². The van der Waals surface area contributed by atoms with Gasteiger partial charge in [-0.1, -0.05) is 6.92 Å². The molecule has 0 saturated carbocycles. The zero-order chi connectivity index (χ0) is 24.2. The number of likely N-dealkylation sites (tertiary alicyclic amines) is 1. The van der Waals surface area contributed by atoms with Gasteiger partial charge in [0.1, 0.15) is 5.82 Å².